The molecule has 0 bridgehead atoms. The minimum atomic E-state index is -0.460. The molecule has 9 heteroatoms. The van der Waals surface area contributed by atoms with Gasteiger partial charge in [0.2, 0.25) is 5.96 Å². The molecule has 1 saturated carbocycles. The van der Waals surface area contributed by atoms with Gasteiger partial charge in [-0.2, -0.15) is 4.99 Å². The minimum absolute atomic E-state index is 0.00228. The Bertz CT molecular complexity index is 1100. The number of aliphatic hydroxyl groups excluding tert-OH is 1. The van der Waals surface area contributed by atoms with E-state index in [0.717, 1.165) is 31.5 Å². The van der Waals surface area contributed by atoms with Crippen molar-refractivity contribution in [3.8, 4) is 0 Å². The lowest BCUT2D eigenvalue weighted by atomic mass is 10.1. The molecule has 3 unspecified atom stereocenters. The van der Waals surface area contributed by atoms with Crippen molar-refractivity contribution in [1.29, 1.82) is 10.8 Å². The van der Waals surface area contributed by atoms with Gasteiger partial charge >= 0.3 is 0 Å². The quantitative estimate of drug-likeness (QED) is 0.198. The number of aliphatic hydroxyl groups is 1. The van der Waals surface area contributed by atoms with Gasteiger partial charge in [-0.3, -0.25) is 5.41 Å². The van der Waals surface area contributed by atoms with E-state index in [2.05, 4.69) is 34.5 Å². The highest BCUT2D eigenvalue weighted by atomic mass is 16.5. The van der Waals surface area contributed by atoms with E-state index in [-0.39, 0.29) is 30.0 Å². The molecule has 3 aliphatic rings. The van der Waals surface area contributed by atoms with E-state index in [1.807, 2.05) is 43.3 Å². The summed E-state index contributed by atoms with van der Waals surface area (Å²) in [5, 5.41) is 33.5. The number of aliphatic imine (C=N–C) groups is 2. The van der Waals surface area contributed by atoms with E-state index < -0.39 is 6.23 Å². The number of hydrogen-bond donors (Lipinski definition) is 5. The van der Waals surface area contributed by atoms with Gasteiger partial charge < -0.3 is 30.8 Å². The van der Waals surface area contributed by atoms with Crippen LogP contribution in [0, 0.1) is 22.7 Å². The van der Waals surface area contributed by atoms with Gasteiger partial charge in [-0.15, -0.1) is 0 Å². The van der Waals surface area contributed by atoms with E-state index in [1.165, 1.54) is 24.5 Å². The van der Waals surface area contributed by atoms with Crippen LogP contribution in [0.1, 0.15) is 45.1 Å². The van der Waals surface area contributed by atoms with Crippen LogP contribution in [0.15, 0.2) is 63.8 Å². The maximum Gasteiger partial charge on any atom is 0.222 e. The Morgan fingerprint density at radius 3 is 2.59 bits per heavy atom. The van der Waals surface area contributed by atoms with E-state index in [4.69, 9.17) is 20.5 Å². The first-order valence-electron chi connectivity index (χ1n) is 13.2. The van der Waals surface area contributed by atoms with Gasteiger partial charge in [0.15, 0.2) is 6.23 Å². The Morgan fingerprint density at radius 1 is 1.19 bits per heavy atom. The highest BCUT2D eigenvalue weighted by Crippen LogP contribution is 2.37. The van der Waals surface area contributed by atoms with E-state index in [9.17, 15) is 5.11 Å². The molecule has 37 heavy (non-hydrogen) atoms. The average Bonchev–Trinajstić information content (AvgIpc) is 3.65. The molecular formula is C28H39N7O2. The molecule has 3 atom stereocenters. The summed E-state index contributed by atoms with van der Waals surface area (Å²) in [5.41, 5.74) is 2.24. The largest absolute Gasteiger partial charge is 0.510 e. The van der Waals surface area contributed by atoms with Gasteiger partial charge in [-0.25, -0.2) is 4.99 Å². The third kappa shape index (κ3) is 7.60. The fourth-order valence-corrected chi connectivity index (χ4v) is 4.60. The van der Waals surface area contributed by atoms with E-state index in [0.29, 0.717) is 23.5 Å². The second-order valence-corrected chi connectivity index (χ2v) is 10.1. The number of hydrogen-bond acceptors (Lipinski definition) is 8. The minimum Gasteiger partial charge on any atom is -0.510 e. The Balaban J connectivity index is 1.46. The molecule has 0 radical (unpaired) electrons. The molecule has 0 aromatic heterocycles. The van der Waals surface area contributed by atoms with Crippen molar-refractivity contribution >= 4 is 23.3 Å². The first-order chi connectivity index (χ1) is 17.8. The van der Waals surface area contributed by atoms with Gasteiger partial charge in [-0.05, 0) is 50.3 Å². The van der Waals surface area contributed by atoms with Gasteiger partial charge in [0.25, 0.3) is 0 Å². The zero-order valence-corrected chi connectivity index (χ0v) is 22.0. The standard InChI is InChI=1S/C28H39N7O2/c1-4-19(20-10-11-20)14-25(30)32-26-18(2)27(37-23-12-13-35(3)17-23)34-28(33-26)31-16-22(36)15-24(29)21-8-6-5-7-9-21/h5-9,14-15,18,20,23,27,29,36H,4,10-13,16-17H2,1-3H3,(H3,30,31,32,33,34)/b19-14+,22-15-,29-24?. The van der Waals surface area contributed by atoms with Gasteiger partial charge in [-0.1, -0.05) is 49.8 Å². The zero-order chi connectivity index (χ0) is 26.4. The topological polar surface area (TPSA) is 129 Å². The van der Waals surface area contributed by atoms with Crippen LogP contribution in [0.2, 0.25) is 0 Å². The monoisotopic (exact) mass is 505 g/mol. The summed E-state index contributed by atoms with van der Waals surface area (Å²) in [7, 11) is 2.08. The van der Waals surface area contributed by atoms with Gasteiger partial charge in [0, 0.05) is 19.2 Å². The molecule has 1 aromatic rings. The van der Waals surface area contributed by atoms with Crippen LogP contribution in [-0.4, -0.2) is 72.4 Å². The van der Waals surface area contributed by atoms with Crippen molar-refractivity contribution in [3.63, 3.8) is 0 Å². The maximum atomic E-state index is 10.4. The highest BCUT2D eigenvalue weighted by Gasteiger charge is 2.32. The lowest BCUT2D eigenvalue weighted by Gasteiger charge is -2.29. The van der Waals surface area contributed by atoms with Crippen LogP contribution in [0.4, 0.5) is 0 Å². The normalized spacial score (nSPS) is 24.9. The van der Waals surface area contributed by atoms with Crippen LogP contribution in [0.25, 0.3) is 0 Å². The van der Waals surface area contributed by atoms with E-state index in [1.54, 1.807) is 0 Å². The number of nitrogens with zero attached hydrogens (tertiary/aromatic N) is 3. The summed E-state index contributed by atoms with van der Waals surface area (Å²) < 4.78 is 6.37. The molecule has 1 aliphatic carbocycles. The second-order valence-electron chi connectivity index (χ2n) is 10.1. The molecule has 2 aliphatic heterocycles. The first-order valence-corrected chi connectivity index (χ1v) is 13.2. The number of amidine groups is 2. The van der Waals surface area contributed by atoms with Crippen LogP contribution < -0.4 is 10.6 Å². The number of likely N-dealkylation sites (tertiary alicyclic amines) is 1. The van der Waals surface area contributed by atoms with Crippen molar-refractivity contribution in [2.75, 3.05) is 26.7 Å². The predicted molar refractivity (Wildman–Crippen MR) is 149 cm³/mol. The van der Waals surface area contributed by atoms with Crippen LogP contribution in [0.3, 0.4) is 0 Å². The molecule has 198 valence electrons. The van der Waals surface area contributed by atoms with E-state index >= 15 is 0 Å². The lowest BCUT2D eigenvalue weighted by Crippen LogP contribution is -2.45. The molecule has 2 fully saturated rings. The van der Waals surface area contributed by atoms with Crippen molar-refractivity contribution < 1.29 is 9.84 Å². The number of nitrogens with one attached hydrogen (secondary N) is 4. The van der Waals surface area contributed by atoms with Crippen molar-refractivity contribution in [3.05, 3.63) is 59.4 Å². The number of ether oxygens (including phenoxy) is 1. The summed E-state index contributed by atoms with van der Waals surface area (Å²) in [4.78, 5) is 11.6. The number of benzene rings is 1. The fraction of sp³-hybridized carbons (Fsp3) is 0.500. The van der Waals surface area contributed by atoms with Crippen LogP contribution in [0.5, 0.6) is 0 Å². The summed E-state index contributed by atoms with van der Waals surface area (Å²) in [5.74, 6) is 1.71. The number of rotatable bonds is 9. The van der Waals surface area contributed by atoms with Crippen LogP contribution in [-0.2, 0) is 4.74 Å². The zero-order valence-electron chi connectivity index (χ0n) is 22.0. The Kier molecular flexibility index (Phi) is 8.89. The van der Waals surface area contributed by atoms with Crippen LogP contribution >= 0.6 is 0 Å². The number of allylic oxidation sites excluding steroid dienone is 2. The third-order valence-electron chi connectivity index (χ3n) is 6.94. The molecule has 1 aromatic carbocycles. The number of likely N-dealkylation sites (N-methyl/N-ethyl adjacent to an activating group) is 1. The third-order valence-corrected chi connectivity index (χ3v) is 6.94. The van der Waals surface area contributed by atoms with Crippen molar-refractivity contribution in [2.24, 2.45) is 21.8 Å². The second kappa shape index (κ2) is 12.3. The maximum absolute atomic E-state index is 10.4. The Hall–Kier alpha value is -3.30. The van der Waals surface area contributed by atoms with Gasteiger partial charge in [0.05, 0.1) is 24.3 Å². The molecule has 0 amide bonds. The smallest absolute Gasteiger partial charge is 0.222 e. The average molecular weight is 506 g/mol. The number of guanidine groups is 1. The summed E-state index contributed by atoms with van der Waals surface area (Å²) >= 11 is 0. The molecule has 1 saturated heterocycles. The molecule has 9 nitrogen and oxygen atoms in total. The highest BCUT2D eigenvalue weighted by molar-refractivity contribution is 6.10. The molecule has 4 rings (SSSR count). The molecule has 5 N–H and O–H groups in total. The molecular weight excluding hydrogens is 466 g/mol. The first kappa shape index (κ1) is 26.8. The summed E-state index contributed by atoms with van der Waals surface area (Å²) in [6, 6.07) is 9.26. The summed E-state index contributed by atoms with van der Waals surface area (Å²) in [6.45, 7) is 6.05. The van der Waals surface area contributed by atoms with Crippen molar-refractivity contribution in [2.45, 2.75) is 51.9 Å². The summed E-state index contributed by atoms with van der Waals surface area (Å²) in [6.07, 6.45) is 7.27. The lowest BCUT2D eigenvalue weighted by molar-refractivity contribution is -0.0159. The van der Waals surface area contributed by atoms with Gasteiger partial charge in [0.1, 0.15) is 17.4 Å². The fourth-order valence-electron chi connectivity index (χ4n) is 4.60. The SMILES string of the molecule is CC/C(=C\C(=N)NC1=NC(NC/C(O)=C/C(=N)c2ccccc2)=NC(OC2CCN(C)C2)C1C)C1CC1. The Morgan fingerprint density at radius 2 is 1.95 bits per heavy atom. The Labute approximate surface area is 219 Å². The molecule has 2 heterocycles. The van der Waals surface area contributed by atoms with Crippen molar-refractivity contribution in [1.82, 2.24) is 15.5 Å². The predicted octanol–water partition coefficient (Wildman–Crippen LogP) is 3.85. The molecule has 0 spiro atoms.